The van der Waals surface area contributed by atoms with Crippen LogP contribution in [0.4, 0.5) is 5.69 Å². The van der Waals surface area contributed by atoms with Crippen LogP contribution in [0.2, 0.25) is 0 Å². The van der Waals surface area contributed by atoms with Crippen molar-refractivity contribution in [2.24, 2.45) is 5.10 Å². The van der Waals surface area contributed by atoms with E-state index < -0.39 is 5.97 Å². The maximum atomic E-state index is 12.4. The summed E-state index contributed by atoms with van der Waals surface area (Å²) in [6, 6.07) is 5.81. The molecule has 0 radical (unpaired) electrons. The molecule has 1 aliphatic rings. The maximum absolute atomic E-state index is 12.4. The van der Waals surface area contributed by atoms with E-state index in [2.05, 4.69) is 10.1 Å². The van der Waals surface area contributed by atoms with Gasteiger partial charge in [0.25, 0.3) is 0 Å². The fourth-order valence-corrected chi connectivity index (χ4v) is 3.61. The Balaban J connectivity index is 1.78. The molecule has 136 valence electrons. The lowest BCUT2D eigenvalue weighted by Crippen LogP contribution is -2.35. The number of hydrogen-bond donors (Lipinski definition) is 0. The first-order chi connectivity index (χ1) is 12.3. The summed E-state index contributed by atoms with van der Waals surface area (Å²) in [5, 5.41) is 6.55. The van der Waals surface area contributed by atoms with Crippen molar-refractivity contribution in [2.75, 3.05) is 5.01 Å². The van der Waals surface area contributed by atoms with Crippen molar-refractivity contribution in [3.8, 4) is 0 Å². The average molecular weight is 371 g/mol. The van der Waals surface area contributed by atoms with Gasteiger partial charge in [0.1, 0.15) is 12.3 Å². The lowest BCUT2D eigenvalue weighted by Gasteiger charge is -2.24. The van der Waals surface area contributed by atoms with Crippen LogP contribution in [0.5, 0.6) is 0 Å². The zero-order valence-corrected chi connectivity index (χ0v) is 16.1. The summed E-state index contributed by atoms with van der Waals surface area (Å²) >= 11 is 1.51. The normalized spacial score (nSPS) is 14.4. The van der Waals surface area contributed by atoms with Crippen LogP contribution in [0, 0.1) is 27.7 Å². The van der Waals surface area contributed by atoms with Gasteiger partial charge in [0.15, 0.2) is 0 Å². The minimum Gasteiger partial charge on any atom is -0.455 e. The number of carbonyl (C=O) groups excluding carboxylic acids is 2. The summed E-state index contributed by atoms with van der Waals surface area (Å²) in [7, 11) is 0. The lowest BCUT2D eigenvalue weighted by molar-refractivity contribution is -0.136. The van der Waals surface area contributed by atoms with Gasteiger partial charge >= 0.3 is 5.97 Å². The summed E-state index contributed by atoms with van der Waals surface area (Å²) in [6.45, 7) is 7.86. The Bertz CT molecular complexity index is 901. The van der Waals surface area contributed by atoms with E-state index in [9.17, 15) is 9.59 Å². The molecule has 2 heterocycles. The third-order valence-corrected chi connectivity index (χ3v) is 5.24. The SMILES string of the molecule is Cc1ccc(C)c(N2N=C(C(=O)OCc3sc(C)nc3C)CCC2=O)c1. The summed E-state index contributed by atoms with van der Waals surface area (Å²) < 4.78 is 5.40. The number of rotatable bonds is 4. The van der Waals surface area contributed by atoms with Gasteiger partial charge in [0.05, 0.1) is 21.3 Å². The van der Waals surface area contributed by atoms with Gasteiger partial charge in [-0.3, -0.25) is 4.79 Å². The van der Waals surface area contributed by atoms with Crippen molar-refractivity contribution in [3.05, 3.63) is 44.9 Å². The second kappa shape index (κ2) is 7.37. The van der Waals surface area contributed by atoms with Gasteiger partial charge in [0.2, 0.25) is 5.91 Å². The molecule has 0 saturated carbocycles. The third-order valence-electron chi connectivity index (χ3n) is 4.20. The molecular weight excluding hydrogens is 350 g/mol. The van der Waals surface area contributed by atoms with Crippen LogP contribution in [0.1, 0.15) is 39.5 Å². The Morgan fingerprint density at radius 1 is 1.23 bits per heavy atom. The van der Waals surface area contributed by atoms with Crippen LogP contribution in [-0.4, -0.2) is 22.6 Å². The first kappa shape index (κ1) is 18.3. The number of thiazole rings is 1. The summed E-state index contributed by atoms with van der Waals surface area (Å²) in [6.07, 6.45) is 0.528. The molecule has 3 rings (SSSR count). The number of nitrogens with zero attached hydrogens (tertiary/aromatic N) is 3. The number of carbonyl (C=O) groups is 2. The molecule has 0 unspecified atom stereocenters. The Morgan fingerprint density at radius 3 is 2.69 bits per heavy atom. The molecule has 6 nitrogen and oxygen atoms in total. The van der Waals surface area contributed by atoms with Crippen LogP contribution in [-0.2, 0) is 20.9 Å². The zero-order valence-electron chi connectivity index (χ0n) is 15.3. The fraction of sp³-hybridized carbons (Fsp3) is 0.368. The zero-order chi connectivity index (χ0) is 18.8. The third kappa shape index (κ3) is 3.83. The number of benzene rings is 1. The summed E-state index contributed by atoms with van der Waals surface area (Å²) in [4.78, 5) is 30.0. The molecule has 1 aromatic carbocycles. The van der Waals surface area contributed by atoms with Crippen molar-refractivity contribution in [3.63, 3.8) is 0 Å². The molecular formula is C19H21N3O3S. The van der Waals surface area contributed by atoms with Crippen molar-refractivity contribution in [1.82, 2.24) is 4.98 Å². The van der Waals surface area contributed by atoms with E-state index >= 15 is 0 Å². The second-order valence-corrected chi connectivity index (χ2v) is 7.65. The number of amides is 1. The van der Waals surface area contributed by atoms with Gasteiger partial charge in [-0.15, -0.1) is 11.3 Å². The molecule has 1 aliphatic heterocycles. The second-order valence-electron chi connectivity index (χ2n) is 6.36. The molecule has 7 heteroatoms. The van der Waals surface area contributed by atoms with Crippen LogP contribution < -0.4 is 5.01 Å². The lowest BCUT2D eigenvalue weighted by atomic mass is 10.1. The number of esters is 1. The highest BCUT2D eigenvalue weighted by atomic mass is 32.1. The van der Waals surface area contributed by atoms with E-state index in [-0.39, 0.29) is 24.6 Å². The molecule has 0 fully saturated rings. The Labute approximate surface area is 156 Å². The highest BCUT2D eigenvalue weighted by molar-refractivity contribution is 7.11. The average Bonchev–Trinajstić information content (AvgIpc) is 2.93. The largest absolute Gasteiger partial charge is 0.455 e. The van der Waals surface area contributed by atoms with Crippen LogP contribution >= 0.6 is 11.3 Å². The molecule has 0 N–H and O–H groups in total. The molecule has 0 atom stereocenters. The quantitative estimate of drug-likeness (QED) is 0.770. The maximum Gasteiger partial charge on any atom is 0.354 e. The van der Waals surface area contributed by atoms with Crippen molar-refractivity contribution < 1.29 is 14.3 Å². The minimum absolute atomic E-state index is 0.121. The summed E-state index contributed by atoms with van der Waals surface area (Å²) in [5.41, 5.74) is 3.80. The molecule has 2 aromatic rings. The van der Waals surface area contributed by atoms with Gasteiger partial charge < -0.3 is 4.74 Å². The molecule has 1 amide bonds. The minimum atomic E-state index is -0.488. The van der Waals surface area contributed by atoms with E-state index in [1.54, 1.807) is 0 Å². The number of hydrazone groups is 1. The van der Waals surface area contributed by atoms with Gasteiger partial charge in [0, 0.05) is 12.8 Å². The van der Waals surface area contributed by atoms with Gasteiger partial charge in [-0.25, -0.2) is 9.78 Å². The predicted molar refractivity (Wildman–Crippen MR) is 101 cm³/mol. The van der Waals surface area contributed by atoms with E-state index in [1.807, 2.05) is 45.9 Å². The highest BCUT2D eigenvalue weighted by Crippen LogP contribution is 2.26. The Hall–Kier alpha value is -2.54. The van der Waals surface area contributed by atoms with Gasteiger partial charge in [-0.05, 0) is 44.9 Å². The first-order valence-electron chi connectivity index (χ1n) is 8.43. The van der Waals surface area contributed by atoms with E-state index in [1.165, 1.54) is 16.3 Å². The van der Waals surface area contributed by atoms with E-state index in [4.69, 9.17) is 4.74 Å². The van der Waals surface area contributed by atoms with Crippen LogP contribution in [0.15, 0.2) is 23.3 Å². The number of aromatic nitrogens is 1. The van der Waals surface area contributed by atoms with E-state index in [0.717, 1.165) is 26.7 Å². The molecule has 0 spiro atoms. The van der Waals surface area contributed by atoms with Crippen molar-refractivity contribution >= 4 is 34.6 Å². The number of ether oxygens (including phenoxy) is 1. The molecule has 1 aromatic heterocycles. The van der Waals surface area contributed by atoms with Gasteiger partial charge in [-0.1, -0.05) is 12.1 Å². The molecule has 26 heavy (non-hydrogen) atoms. The van der Waals surface area contributed by atoms with Crippen molar-refractivity contribution in [2.45, 2.75) is 47.1 Å². The Kier molecular flexibility index (Phi) is 5.18. The van der Waals surface area contributed by atoms with Crippen molar-refractivity contribution in [1.29, 1.82) is 0 Å². The predicted octanol–water partition coefficient (Wildman–Crippen LogP) is 3.60. The van der Waals surface area contributed by atoms with E-state index in [0.29, 0.717) is 12.1 Å². The monoisotopic (exact) mass is 371 g/mol. The first-order valence-corrected chi connectivity index (χ1v) is 9.24. The number of anilines is 1. The number of hydrogen-bond acceptors (Lipinski definition) is 6. The fourth-order valence-electron chi connectivity index (χ4n) is 2.76. The standard InChI is InChI=1S/C19H21N3O3S/c1-11-5-6-12(2)16(9-11)22-18(23)8-7-15(21-22)19(24)25-10-17-13(3)20-14(4)26-17/h5-6,9H,7-8,10H2,1-4H3. The van der Waals surface area contributed by atoms with Gasteiger partial charge in [-0.2, -0.15) is 10.1 Å². The highest BCUT2D eigenvalue weighted by Gasteiger charge is 2.27. The topological polar surface area (TPSA) is 71.9 Å². The molecule has 0 bridgehead atoms. The number of aryl methyl sites for hydroxylation is 4. The molecule has 0 saturated heterocycles. The van der Waals surface area contributed by atoms with Crippen LogP contribution in [0.3, 0.4) is 0 Å². The summed E-state index contributed by atoms with van der Waals surface area (Å²) in [5.74, 6) is -0.609. The smallest absolute Gasteiger partial charge is 0.354 e. The van der Waals surface area contributed by atoms with Crippen LogP contribution in [0.25, 0.3) is 0 Å². The Morgan fingerprint density at radius 2 is 2.00 bits per heavy atom. The molecule has 0 aliphatic carbocycles.